The molecule has 1 heterocycles. The van der Waals surface area contributed by atoms with Gasteiger partial charge in [-0.1, -0.05) is 0 Å². The van der Waals surface area contributed by atoms with Gasteiger partial charge >= 0.3 is 5.97 Å². The summed E-state index contributed by atoms with van der Waals surface area (Å²) in [6.45, 7) is 0.520. The molecule has 98 valence electrons. The molecule has 1 atom stereocenters. The summed E-state index contributed by atoms with van der Waals surface area (Å²) in [5.74, 6) is -1.61. The van der Waals surface area contributed by atoms with Gasteiger partial charge in [0.15, 0.2) is 0 Å². The van der Waals surface area contributed by atoms with Crippen LogP contribution in [0.3, 0.4) is 0 Å². The van der Waals surface area contributed by atoms with E-state index in [0.29, 0.717) is 0 Å². The molecule has 1 aliphatic rings. The molecule has 1 unspecified atom stereocenters. The van der Waals surface area contributed by atoms with E-state index in [0.717, 1.165) is 19.4 Å². The summed E-state index contributed by atoms with van der Waals surface area (Å²) in [4.78, 5) is 30.7. The largest absolute Gasteiger partial charge is 0.480 e. The second-order valence-corrected chi connectivity index (χ2v) is 3.43. The van der Waals surface area contributed by atoms with Crippen molar-refractivity contribution in [2.75, 3.05) is 19.6 Å². The molecule has 1 rings (SSSR count). The number of hydrogen-bond donors (Lipinski definition) is 5. The molecule has 2 amide bonds. The smallest absolute Gasteiger partial charge is 0.317 e. The second kappa shape index (κ2) is 8.48. The summed E-state index contributed by atoms with van der Waals surface area (Å²) >= 11 is 0. The van der Waals surface area contributed by atoms with E-state index in [1.165, 1.54) is 0 Å². The van der Waals surface area contributed by atoms with Crippen LogP contribution in [0.4, 0.5) is 0 Å². The van der Waals surface area contributed by atoms with Crippen LogP contribution < -0.4 is 22.1 Å². The third kappa shape index (κ3) is 8.17. The fraction of sp³-hybridized carbons (Fsp3) is 0.667. The van der Waals surface area contributed by atoms with Crippen molar-refractivity contribution in [3.63, 3.8) is 0 Å². The molecule has 8 heteroatoms. The lowest BCUT2D eigenvalue weighted by atomic mass is 10.2. The Kier molecular flexibility index (Phi) is 7.65. The maximum absolute atomic E-state index is 11.2. The maximum Gasteiger partial charge on any atom is 0.317 e. The summed E-state index contributed by atoms with van der Waals surface area (Å²) in [5.41, 5.74) is 9.44. The minimum absolute atomic E-state index is 0.0724. The topological polar surface area (TPSA) is 148 Å². The Morgan fingerprint density at radius 3 is 2.35 bits per heavy atom. The van der Waals surface area contributed by atoms with Crippen molar-refractivity contribution in [1.82, 2.24) is 10.6 Å². The van der Waals surface area contributed by atoms with E-state index in [4.69, 9.17) is 10.8 Å². The van der Waals surface area contributed by atoms with E-state index in [1.54, 1.807) is 0 Å². The summed E-state index contributed by atoms with van der Waals surface area (Å²) in [6, 6.07) is -0.135. The van der Waals surface area contributed by atoms with Gasteiger partial charge in [0.25, 0.3) is 0 Å². The second-order valence-electron chi connectivity index (χ2n) is 3.43. The van der Waals surface area contributed by atoms with Crippen LogP contribution in [0.5, 0.6) is 0 Å². The Labute approximate surface area is 98.7 Å². The Morgan fingerprint density at radius 2 is 2.00 bits per heavy atom. The van der Waals surface area contributed by atoms with Crippen LogP contribution in [0, 0.1) is 0 Å². The van der Waals surface area contributed by atoms with Gasteiger partial charge in [-0.2, -0.15) is 0 Å². The number of carbonyl (C=O) groups is 3. The SMILES string of the molecule is NC(=O)CNC(=O)C1CCCN1.NCC(=O)O. The van der Waals surface area contributed by atoms with Crippen molar-refractivity contribution >= 4 is 17.8 Å². The van der Waals surface area contributed by atoms with E-state index in [-0.39, 0.29) is 25.0 Å². The minimum atomic E-state index is -0.968. The average molecular weight is 246 g/mol. The number of rotatable bonds is 4. The monoisotopic (exact) mass is 246 g/mol. The summed E-state index contributed by atoms with van der Waals surface area (Å²) in [6.07, 6.45) is 1.85. The van der Waals surface area contributed by atoms with Crippen molar-refractivity contribution in [2.45, 2.75) is 18.9 Å². The van der Waals surface area contributed by atoms with E-state index in [9.17, 15) is 14.4 Å². The molecule has 1 aliphatic heterocycles. The lowest BCUT2D eigenvalue weighted by molar-refractivity contribution is -0.135. The van der Waals surface area contributed by atoms with E-state index in [1.807, 2.05) is 0 Å². The number of nitrogens with one attached hydrogen (secondary N) is 2. The van der Waals surface area contributed by atoms with Crippen LogP contribution in [0.1, 0.15) is 12.8 Å². The van der Waals surface area contributed by atoms with Gasteiger partial charge in [-0.05, 0) is 19.4 Å². The highest BCUT2D eigenvalue weighted by Crippen LogP contribution is 2.03. The minimum Gasteiger partial charge on any atom is -0.480 e. The van der Waals surface area contributed by atoms with Crippen LogP contribution in [0.15, 0.2) is 0 Å². The third-order valence-corrected chi connectivity index (χ3v) is 1.99. The molecular formula is C9H18N4O4. The van der Waals surface area contributed by atoms with E-state index < -0.39 is 11.9 Å². The molecular weight excluding hydrogens is 228 g/mol. The Bertz CT molecular complexity index is 276. The van der Waals surface area contributed by atoms with Gasteiger partial charge < -0.3 is 27.2 Å². The van der Waals surface area contributed by atoms with Crippen LogP contribution in [-0.2, 0) is 14.4 Å². The molecule has 1 fully saturated rings. The molecule has 0 aromatic carbocycles. The van der Waals surface area contributed by atoms with Crippen molar-refractivity contribution in [1.29, 1.82) is 0 Å². The molecule has 0 aromatic rings. The number of amides is 2. The first-order chi connectivity index (χ1) is 7.97. The molecule has 0 radical (unpaired) electrons. The molecule has 0 saturated carbocycles. The van der Waals surface area contributed by atoms with Gasteiger partial charge in [-0.15, -0.1) is 0 Å². The quantitative estimate of drug-likeness (QED) is 0.366. The van der Waals surface area contributed by atoms with Gasteiger partial charge in [-0.3, -0.25) is 14.4 Å². The first kappa shape index (κ1) is 15.3. The Morgan fingerprint density at radius 1 is 1.41 bits per heavy atom. The lowest BCUT2D eigenvalue weighted by Crippen LogP contribution is -2.43. The van der Waals surface area contributed by atoms with Crippen molar-refractivity contribution in [3.8, 4) is 0 Å². The fourth-order valence-corrected chi connectivity index (χ4v) is 1.21. The van der Waals surface area contributed by atoms with Gasteiger partial charge in [-0.25, -0.2) is 0 Å². The number of primary amides is 1. The summed E-state index contributed by atoms with van der Waals surface area (Å²) in [5, 5.41) is 13.1. The first-order valence-electron chi connectivity index (χ1n) is 5.18. The molecule has 8 nitrogen and oxygen atoms in total. The molecule has 0 aromatic heterocycles. The molecule has 0 spiro atoms. The molecule has 7 N–H and O–H groups in total. The van der Waals surface area contributed by atoms with Crippen LogP contribution in [-0.4, -0.2) is 48.6 Å². The lowest BCUT2D eigenvalue weighted by Gasteiger charge is -2.08. The summed E-state index contributed by atoms with van der Waals surface area (Å²) in [7, 11) is 0. The molecule has 0 bridgehead atoms. The molecule has 1 saturated heterocycles. The van der Waals surface area contributed by atoms with Gasteiger partial charge in [0.1, 0.15) is 0 Å². The van der Waals surface area contributed by atoms with Crippen molar-refractivity contribution < 1.29 is 19.5 Å². The zero-order chi connectivity index (χ0) is 13.3. The van der Waals surface area contributed by atoms with Crippen molar-refractivity contribution in [3.05, 3.63) is 0 Å². The highest BCUT2D eigenvalue weighted by Gasteiger charge is 2.21. The van der Waals surface area contributed by atoms with Crippen LogP contribution in [0.25, 0.3) is 0 Å². The average Bonchev–Trinajstić information content (AvgIpc) is 2.80. The van der Waals surface area contributed by atoms with Crippen LogP contribution >= 0.6 is 0 Å². The number of hydrogen-bond acceptors (Lipinski definition) is 5. The zero-order valence-corrected chi connectivity index (χ0v) is 9.44. The number of nitrogens with two attached hydrogens (primary N) is 2. The van der Waals surface area contributed by atoms with Crippen LogP contribution in [0.2, 0.25) is 0 Å². The normalized spacial score (nSPS) is 17.8. The van der Waals surface area contributed by atoms with Gasteiger partial charge in [0.2, 0.25) is 11.8 Å². The highest BCUT2D eigenvalue weighted by atomic mass is 16.4. The van der Waals surface area contributed by atoms with Gasteiger partial charge in [0.05, 0.1) is 19.1 Å². The number of carboxylic acid groups (broad SMARTS) is 1. The first-order valence-corrected chi connectivity index (χ1v) is 5.18. The number of aliphatic carboxylic acids is 1. The predicted molar refractivity (Wildman–Crippen MR) is 59.9 cm³/mol. The Balaban J connectivity index is 0.000000437. The standard InChI is InChI=1S/C7H13N3O2.C2H5NO2/c8-6(11)4-10-7(12)5-2-1-3-9-5;3-1-2(4)5/h5,9H,1-4H2,(H2,8,11)(H,10,12);1,3H2,(H,4,5). The molecule has 0 aliphatic carbocycles. The zero-order valence-electron chi connectivity index (χ0n) is 9.44. The predicted octanol–water partition coefficient (Wildman–Crippen LogP) is -2.63. The van der Waals surface area contributed by atoms with Gasteiger partial charge in [0, 0.05) is 0 Å². The van der Waals surface area contributed by atoms with E-state index >= 15 is 0 Å². The van der Waals surface area contributed by atoms with E-state index in [2.05, 4.69) is 16.4 Å². The highest BCUT2D eigenvalue weighted by molar-refractivity contribution is 5.86. The van der Waals surface area contributed by atoms with Crippen molar-refractivity contribution in [2.24, 2.45) is 11.5 Å². The number of carboxylic acids is 1. The fourth-order valence-electron chi connectivity index (χ4n) is 1.21. The number of carbonyl (C=O) groups excluding carboxylic acids is 2. The third-order valence-electron chi connectivity index (χ3n) is 1.99. The maximum atomic E-state index is 11.2. The Hall–Kier alpha value is -1.67. The molecule has 17 heavy (non-hydrogen) atoms. The summed E-state index contributed by atoms with van der Waals surface area (Å²) < 4.78 is 0.